The first kappa shape index (κ1) is 56.2. The molecule has 22 rings (SSSR count). The van der Waals surface area contributed by atoms with Crippen LogP contribution >= 0.6 is 0 Å². The molecule has 0 fully saturated rings. The Hall–Kier alpha value is -13.8. The van der Waals surface area contributed by atoms with E-state index in [-0.39, 0.29) is 0 Å². The zero-order chi connectivity index (χ0) is 66.7. The minimum absolute atomic E-state index is 0.624. The van der Waals surface area contributed by atoms with E-state index in [4.69, 9.17) is 23.2 Å². The van der Waals surface area contributed by atoms with E-state index >= 15 is 0 Å². The topological polar surface area (TPSA) is 80.0 Å². The van der Waals surface area contributed by atoms with Crippen LogP contribution in [0.4, 0.5) is 0 Å². The first-order chi connectivity index (χ1) is 50.5. The van der Waals surface area contributed by atoms with Crippen LogP contribution < -0.4 is 0 Å². The molecule has 0 amide bonds. The molecule has 0 unspecified atom stereocenters. The molecule has 0 aliphatic heterocycles. The standard InChI is InChI=1S/C94H55N5O3/c1-7-22-82-68(16-1)74-49-58(61-35-45-91-77(52-61)71-19-4-10-25-88(71)100-91)32-42-85(74)97(82)65-38-28-56(29-39-65)80-55-81(57-30-40-66(41-31-57)98-83-23-8-2-17-69(83)75-50-59(33-43-86(75)98)62-36-46-92-78(53-62)72-20-5-11-26-89(72)101-92)96-94(95-80)64-14-13-15-67(48-64)99-84-24-9-3-18-70(84)76-51-60(34-44-87(76)99)63-37-47-93-79(54-63)73-21-6-12-27-90(73)102-93/h1-55H. The van der Waals surface area contributed by atoms with Gasteiger partial charge in [-0.15, -0.1) is 0 Å². The summed E-state index contributed by atoms with van der Waals surface area (Å²) in [5.41, 5.74) is 26.6. The fraction of sp³-hybridized carbons (Fsp3) is 0. The summed E-state index contributed by atoms with van der Waals surface area (Å²) >= 11 is 0. The van der Waals surface area contributed by atoms with Crippen LogP contribution in [-0.4, -0.2) is 23.7 Å². The molecule has 22 aromatic rings. The van der Waals surface area contributed by atoms with Crippen molar-refractivity contribution in [1.82, 2.24) is 23.7 Å². The second kappa shape index (κ2) is 21.8. The van der Waals surface area contributed by atoms with Gasteiger partial charge in [-0.2, -0.15) is 0 Å². The van der Waals surface area contributed by atoms with Gasteiger partial charge in [-0.1, -0.05) is 182 Å². The van der Waals surface area contributed by atoms with Gasteiger partial charge < -0.3 is 27.0 Å². The van der Waals surface area contributed by atoms with Gasteiger partial charge in [-0.3, -0.25) is 0 Å². The zero-order valence-electron chi connectivity index (χ0n) is 54.7. The fourth-order valence-corrected chi connectivity index (χ4v) is 16.2. The average molecular weight is 1300 g/mol. The molecule has 8 nitrogen and oxygen atoms in total. The molecule has 7 aromatic heterocycles. The van der Waals surface area contributed by atoms with Crippen molar-refractivity contribution in [3.63, 3.8) is 0 Å². The van der Waals surface area contributed by atoms with Gasteiger partial charge in [0.05, 0.1) is 44.5 Å². The number of para-hydroxylation sites is 6. The lowest BCUT2D eigenvalue weighted by Gasteiger charge is -2.14. The van der Waals surface area contributed by atoms with Gasteiger partial charge in [0.1, 0.15) is 33.5 Å². The Morgan fingerprint density at radius 3 is 0.853 bits per heavy atom. The third-order valence-corrected chi connectivity index (χ3v) is 21.1. The number of aromatic nitrogens is 5. The molecule has 0 saturated heterocycles. The quantitative estimate of drug-likeness (QED) is 0.144. The van der Waals surface area contributed by atoms with Crippen LogP contribution in [0.25, 0.3) is 216 Å². The van der Waals surface area contributed by atoms with E-state index in [1.54, 1.807) is 0 Å². The van der Waals surface area contributed by atoms with Crippen LogP contribution in [0.5, 0.6) is 0 Å². The van der Waals surface area contributed by atoms with Crippen molar-refractivity contribution >= 4 is 131 Å². The molecular weight excluding hydrogens is 1250 g/mol. The number of fused-ring (bicyclic) bond motifs is 18. The fourth-order valence-electron chi connectivity index (χ4n) is 16.2. The van der Waals surface area contributed by atoms with Crippen molar-refractivity contribution in [2.45, 2.75) is 0 Å². The summed E-state index contributed by atoms with van der Waals surface area (Å²) in [6, 6.07) is 120. The van der Waals surface area contributed by atoms with Crippen LogP contribution in [-0.2, 0) is 0 Å². The van der Waals surface area contributed by atoms with Gasteiger partial charge in [0.2, 0.25) is 0 Å². The molecule has 0 N–H and O–H groups in total. The van der Waals surface area contributed by atoms with Crippen LogP contribution in [0.1, 0.15) is 0 Å². The highest BCUT2D eigenvalue weighted by molar-refractivity contribution is 6.15. The number of hydrogen-bond donors (Lipinski definition) is 0. The van der Waals surface area contributed by atoms with Gasteiger partial charge in [0.25, 0.3) is 0 Å². The Morgan fingerprint density at radius 2 is 0.471 bits per heavy atom. The van der Waals surface area contributed by atoms with E-state index in [0.29, 0.717) is 5.82 Å². The molecule has 0 aliphatic rings. The normalized spacial score (nSPS) is 12.1. The summed E-state index contributed by atoms with van der Waals surface area (Å²) < 4.78 is 25.8. The van der Waals surface area contributed by atoms with Gasteiger partial charge in [-0.05, 0) is 185 Å². The van der Waals surface area contributed by atoms with Crippen molar-refractivity contribution in [2.24, 2.45) is 0 Å². The molecule has 15 aromatic carbocycles. The predicted molar refractivity (Wildman–Crippen MR) is 419 cm³/mol. The number of benzene rings is 15. The van der Waals surface area contributed by atoms with Crippen molar-refractivity contribution in [2.75, 3.05) is 0 Å². The molecular formula is C94H55N5O3. The van der Waals surface area contributed by atoms with Crippen LogP contribution in [0.3, 0.4) is 0 Å². The second-order valence-electron chi connectivity index (χ2n) is 26.8. The van der Waals surface area contributed by atoms with Crippen molar-refractivity contribution < 1.29 is 13.3 Å². The van der Waals surface area contributed by atoms with Crippen molar-refractivity contribution in [3.05, 3.63) is 334 Å². The molecule has 0 radical (unpaired) electrons. The number of hydrogen-bond acceptors (Lipinski definition) is 5. The largest absolute Gasteiger partial charge is 0.456 e. The highest BCUT2D eigenvalue weighted by Crippen LogP contribution is 2.43. The lowest BCUT2D eigenvalue weighted by Crippen LogP contribution is -1.99. The van der Waals surface area contributed by atoms with E-state index in [1.165, 1.54) is 32.3 Å². The Bertz CT molecular complexity index is 6960. The maximum atomic E-state index is 6.24. The second-order valence-corrected chi connectivity index (χ2v) is 26.8. The van der Waals surface area contributed by atoms with Gasteiger partial charge in [0, 0.05) is 98.4 Å². The summed E-state index contributed by atoms with van der Waals surface area (Å²) in [4.78, 5) is 11.0. The molecule has 0 saturated carbocycles. The Morgan fingerprint density at radius 1 is 0.176 bits per heavy atom. The van der Waals surface area contributed by atoms with Crippen molar-refractivity contribution in [3.8, 4) is 84.3 Å². The molecule has 0 aliphatic carbocycles. The van der Waals surface area contributed by atoms with Crippen LogP contribution in [0.15, 0.2) is 347 Å². The lowest BCUT2D eigenvalue weighted by atomic mass is 10.0. The maximum absolute atomic E-state index is 6.24. The minimum Gasteiger partial charge on any atom is -0.456 e. The van der Waals surface area contributed by atoms with Crippen LogP contribution in [0, 0.1) is 0 Å². The van der Waals surface area contributed by atoms with Gasteiger partial charge in [0.15, 0.2) is 5.82 Å². The SMILES string of the molecule is c1cc(-c2nc(-c3ccc(-n4c5ccccc5c5cc(-c6ccc7oc8ccccc8c7c6)ccc54)cc3)cc(-c3ccc(-n4c5ccccc5c5cc(-c6ccc7oc8ccccc8c7c6)ccc54)cc3)n2)cc(-n2c3ccccc3c3cc(-c4ccc5oc6ccccc6c5c4)ccc32)c1. The first-order valence-electron chi connectivity index (χ1n) is 34.6. The average Bonchev–Trinajstić information content (AvgIpc) is 1.59. The number of furan rings is 3. The van der Waals surface area contributed by atoms with E-state index in [9.17, 15) is 0 Å². The summed E-state index contributed by atoms with van der Waals surface area (Å²) in [6.45, 7) is 0. The van der Waals surface area contributed by atoms with E-state index < -0.39 is 0 Å². The van der Waals surface area contributed by atoms with Crippen LogP contribution in [0.2, 0.25) is 0 Å². The molecule has 0 atom stereocenters. The Labute approximate surface area is 582 Å². The summed E-state index contributed by atoms with van der Waals surface area (Å²) in [5.74, 6) is 0.624. The molecule has 102 heavy (non-hydrogen) atoms. The summed E-state index contributed by atoms with van der Waals surface area (Å²) in [5, 5.41) is 13.8. The van der Waals surface area contributed by atoms with Crippen molar-refractivity contribution in [1.29, 1.82) is 0 Å². The third kappa shape index (κ3) is 8.69. The Balaban J connectivity index is 0.656. The van der Waals surface area contributed by atoms with E-state index in [0.717, 1.165) is 177 Å². The lowest BCUT2D eigenvalue weighted by molar-refractivity contribution is 0.668. The Kier molecular flexibility index (Phi) is 12.0. The molecule has 474 valence electrons. The highest BCUT2D eigenvalue weighted by atomic mass is 16.3. The predicted octanol–water partition coefficient (Wildman–Crippen LogP) is 25.5. The smallest absolute Gasteiger partial charge is 0.160 e. The molecule has 7 heterocycles. The highest BCUT2D eigenvalue weighted by Gasteiger charge is 2.22. The van der Waals surface area contributed by atoms with Gasteiger partial charge >= 0.3 is 0 Å². The molecule has 8 heteroatoms. The minimum atomic E-state index is 0.624. The number of rotatable bonds is 9. The monoisotopic (exact) mass is 1300 g/mol. The van der Waals surface area contributed by atoms with E-state index in [1.807, 2.05) is 36.4 Å². The number of nitrogens with zero attached hydrogens (tertiary/aromatic N) is 5. The van der Waals surface area contributed by atoms with E-state index in [2.05, 4.69) is 311 Å². The van der Waals surface area contributed by atoms with Gasteiger partial charge in [-0.25, -0.2) is 9.97 Å². The summed E-state index contributed by atoms with van der Waals surface area (Å²) in [6.07, 6.45) is 0. The zero-order valence-corrected chi connectivity index (χ0v) is 54.7. The maximum Gasteiger partial charge on any atom is 0.160 e. The first-order valence-corrected chi connectivity index (χ1v) is 34.6. The molecule has 0 bridgehead atoms. The summed E-state index contributed by atoms with van der Waals surface area (Å²) in [7, 11) is 0. The third-order valence-electron chi connectivity index (χ3n) is 21.1. The molecule has 0 spiro atoms.